The molecule has 0 fully saturated rings. The standard InChI is InChI=1S/C20H20FNO4/c1-25-20(24)15-4-9-18-14(13-15)10-11-22(18)19(23)3-2-12-26-17-7-5-16(21)6-8-17/h4-9,13H,2-3,10-12H2,1H3. The first-order valence-electron chi connectivity index (χ1n) is 8.48. The summed E-state index contributed by atoms with van der Waals surface area (Å²) in [7, 11) is 1.35. The van der Waals surface area contributed by atoms with Gasteiger partial charge in [0, 0.05) is 18.7 Å². The van der Waals surface area contributed by atoms with Gasteiger partial charge in [0.15, 0.2) is 0 Å². The van der Waals surface area contributed by atoms with Crippen LogP contribution < -0.4 is 9.64 Å². The highest BCUT2D eigenvalue weighted by Gasteiger charge is 2.25. The molecule has 0 atom stereocenters. The average Bonchev–Trinajstić information content (AvgIpc) is 3.09. The number of carbonyl (C=O) groups is 2. The van der Waals surface area contributed by atoms with E-state index in [0.29, 0.717) is 37.3 Å². The van der Waals surface area contributed by atoms with Gasteiger partial charge in [-0.2, -0.15) is 0 Å². The SMILES string of the molecule is COC(=O)c1ccc2c(c1)CCN2C(=O)CCCOc1ccc(F)cc1. The molecule has 2 aromatic rings. The number of esters is 1. The van der Waals surface area contributed by atoms with Crippen LogP contribution in [0.5, 0.6) is 5.75 Å². The first kappa shape index (κ1) is 17.9. The summed E-state index contributed by atoms with van der Waals surface area (Å²) in [6.45, 7) is 0.997. The zero-order valence-electron chi connectivity index (χ0n) is 14.5. The Morgan fingerprint density at radius 3 is 2.65 bits per heavy atom. The van der Waals surface area contributed by atoms with Crippen molar-refractivity contribution >= 4 is 17.6 Å². The van der Waals surface area contributed by atoms with Gasteiger partial charge >= 0.3 is 5.97 Å². The Labute approximate surface area is 151 Å². The molecule has 0 bridgehead atoms. The molecule has 5 nitrogen and oxygen atoms in total. The number of hydrogen-bond donors (Lipinski definition) is 0. The van der Waals surface area contributed by atoms with Gasteiger partial charge in [-0.25, -0.2) is 9.18 Å². The van der Waals surface area contributed by atoms with E-state index in [-0.39, 0.29) is 17.7 Å². The van der Waals surface area contributed by atoms with E-state index in [1.165, 1.54) is 19.2 Å². The molecule has 0 spiro atoms. The molecule has 1 heterocycles. The maximum absolute atomic E-state index is 12.8. The van der Waals surface area contributed by atoms with E-state index >= 15 is 0 Å². The van der Waals surface area contributed by atoms with Crippen LogP contribution in [0.25, 0.3) is 0 Å². The van der Waals surface area contributed by atoms with Gasteiger partial charge in [0.1, 0.15) is 11.6 Å². The molecule has 0 saturated carbocycles. The smallest absolute Gasteiger partial charge is 0.337 e. The number of rotatable bonds is 6. The average molecular weight is 357 g/mol. The second-order valence-corrected chi connectivity index (χ2v) is 6.04. The lowest BCUT2D eigenvalue weighted by atomic mass is 10.1. The number of nitrogens with zero attached hydrogens (tertiary/aromatic N) is 1. The van der Waals surface area contributed by atoms with Crippen LogP contribution in [0, 0.1) is 5.82 Å². The molecule has 0 N–H and O–H groups in total. The van der Waals surface area contributed by atoms with Gasteiger partial charge in [-0.3, -0.25) is 4.79 Å². The van der Waals surface area contributed by atoms with Crippen LogP contribution in [0.4, 0.5) is 10.1 Å². The Kier molecular flexibility index (Phi) is 5.51. The van der Waals surface area contributed by atoms with E-state index in [1.54, 1.807) is 35.2 Å². The molecule has 3 rings (SSSR count). The van der Waals surface area contributed by atoms with Gasteiger partial charge in [-0.1, -0.05) is 0 Å². The molecule has 136 valence electrons. The maximum atomic E-state index is 12.8. The topological polar surface area (TPSA) is 55.8 Å². The number of ether oxygens (including phenoxy) is 2. The molecule has 0 unspecified atom stereocenters. The normalized spacial score (nSPS) is 12.6. The van der Waals surface area contributed by atoms with E-state index in [9.17, 15) is 14.0 Å². The molecule has 26 heavy (non-hydrogen) atoms. The number of hydrogen-bond acceptors (Lipinski definition) is 4. The molecule has 0 aromatic heterocycles. The quantitative estimate of drug-likeness (QED) is 0.588. The van der Waals surface area contributed by atoms with Crippen molar-refractivity contribution in [2.75, 3.05) is 25.2 Å². The number of halogens is 1. The summed E-state index contributed by atoms with van der Waals surface area (Å²) in [5.41, 5.74) is 2.32. The third kappa shape index (κ3) is 4.02. The van der Waals surface area contributed by atoms with Crippen LogP contribution in [0.1, 0.15) is 28.8 Å². The highest BCUT2D eigenvalue weighted by atomic mass is 19.1. The van der Waals surface area contributed by atoms with Gasteiger partial charge in [0.25, 0.3) is 0 Å². The second kappa shape index (κ2) is 7.99. The van der Waals surface area contributed by atoms with Crippen LogP contribution in [0.2, 0.25) is 0 Å². The predicted molar refractivity (Wildman–Crippen MR) is 95.0 cm³/mol. The molecule has 0 radical (unpaired) electrons. The monoisotopic (exact) mass is 357 g/mol. The molecule has 2 aromatic carbocycles. The zero-order valence-corrected chi connectivity index (χ0v) is 14.5. The first-order chi connectivity index (χ1) is 12.6. The summed E-state index contributed by atoms with van der Waals surface area (Å²) in [4.78, 5) is 25.8. The van der Waals surface area contributed by atoms with Crippen molar-refractivity contribution in [3.8, 4) is 5.75 Å². The Hall–Kier alpha value is -2.89. The molecular weight excluding hydrogens is 337 g/mol. The fraction of sp³-hybridized carbons (Fsp3) is 0.300. The summed E-state index contributed by atoms with van der Waals surface area (Å²) in [6.07, 6.45) is 1.65. The summed E-state index contributed by atoms with van der Waals surface area (Å²) < 4.78 is 23.1. The van der Waals surface area contributed by atoms with E-state index < -0.39 is 0 Å². The maximum Gasteiger partial charge on any atom is 0.337 e. The van der Waals surface area contributed by atoms with Gasteiger partial charge in [-0.05, 0) is 60.9 Å². The van der Waals surface area contributed by atoms with Crippen LogP contribution in [-0.4, -0.2) is 32.1 Å². The van der Waals surface area contributed by atoms with E-state index in [2.05, 4.69) is 0 Å². The van der Waals surface area contributed by atoms with E-state index in [1.807, 2.05) is 0 Å². The number of fused-ring (bicyclic) bond motifs is 1. The van der Waals surface area contributed by atoms with Gasteiger partial charge < -0.3 is 14.4 Å². The van der Waals surface area contributed by atoms with Crippen molar-refractivity contribution in [1.82, 2.24) is 0 Å². The third-order valence-electron chi connectivity index (χ3n) is 4.31. The number of carbonyl (C=O) groups excluding carboxylic acids is 2. The van der Waals surface area contributed by atoms with Crippen molar-refractivity contribution in [2.24, 2.45) is 0 Å². The number of anilines is 1. The lowest BCUT2D eigenvalue weighted by Gasteiger charge is -2.17. The molecule has 1 aliphatic rings. The van der Waals surface area contributed by atoms with Gasteiger partial charge in [0.05, 0.1) is 19.3 Å². The first-order valence-corrected chi connectivity index (χ1v) is 8.48. The van der Waals surface area contributed by atoms with Gasteiger partial charge in [0.2, 0.25) is 5.91 Å². The molecular formula is C20H20FNO4. The predicted octanol–water partition coefficient (Wildman–Crippen LogP) is 3.36. The highest BCUT2D eigenvalue weighted by Crippen LogP contribution is 2.29. The minimum absolute atomic E-state index is 0.0253. The zero-order chi connectivity index (χ0) is 18.5. The minimum atomic E-state index is -0.379. The van der Waals surface area contributed by atoms with Crippen LogP contribution >= 0.6 is 0 Å². The number of amides is 1. The molecule has 1 aliphatic heterocycles. The molecule has 0 saturated heterocycles. The molecule has 1 amide bonds. The van der Waals surface area contributed by atoms with Crippen LogP contribution in [0.3, 0.4) is 0 Å². The van der Waals surface area contributed by atoms with Crippen LogP contribution in [0.15, 0.2) is 42.5 Å². The summed E-state index contributed by atoms with van der Waals surface area (Å²) in [5.74, 6) is -0.0796. The van der Waals surface area contributed by atoms with E-state index in [4.69, 9.17) is 9.47 Å². The number of benzene rings is 2. The fourth-order valence-electron chi connectivity index (χ4n) is 2.98. The summed E-state index contributed by atoms with van der Waals surface area (Å²) in [6, 6.07) is 11.1. The van der Waals surface area contributed by atoms with Crippen LogP contribution in [-0.2, 0) is 16.0 Å². The van der Waals surface area contributed by atoms with E-state index in [0.717, 1.165) is 17.7 Å². The Morgan fingerprint density at radius 1 is 1.15 bits per heavy atom. The fourth-order valence-corrected chi connectivity index (χ4v) is 2.98. The summed E-state index contributed by atoms with van der Waals surface area (Å²) >= 11 is 0. The molecule has 6 heteroatoms. The molecule has 0 aliphatic carbocycles. The van der Waals surface area contributed by atoms with Crippen molar-refractivity contribution in [2.45, 2.75) is 19.3 Å². The Bertz CT molecular complexity index is 804. The van der Waals surface area contributed by atoms with Crippen molar-refractivity contribution in [1.29, 1.82) is 0 Å². The van der Waals surface area contributed by atoms with Crippen molar-refractivity contribution < 1.29 is 23.5 Å². The second-order valence-electron chi connectivity index (χ2n) is 6.04. The largest absolute Gasteiger partial charge is 0.494 e. The summed E-state index contributed by atoms with van der Waals surface area (Å²) in [5, 5.41) is 0. The lowest BCUT2D eigenvalue weighted by Crippen LogP contribution is -2.28. The Morgan fingerprint density at radius 2 is 1.92 bits per heavy atom. The van der Waals surface area contributed by atoms with Gasteiger partial charge in [-0.15, -0.1) is 0 Å². The van der Waals surface area contributed by atoms with Crippen molar-refractivity contribution in [3.05, 3.63) is 59.4 Å². The Balaban J connectivity index is 1.52. The highest BCUT2D eigenvalue weighted by molar-refractivity contribution is 5.97. The van der Waals surface area contributed by atoms with Crippen molar-refractivity contribution in [3.63, 3.8) is 0 Å². The minimum Gasteiger partial charge on any atom is -0.494 e. The lowest BCUT2D eigenvalue weighted by molar-refractivity contribution is -0.118. The number of methoxy groups -OCH3 is 1. The third-order valence-corrected chi connectivity index (χ3v) is 4.31.